The van der Waals surface area contributed by atoms with Crippen LogP contribution in [0.4, 0.5) is 5.69 Å². The van der Waals surface area contributed by atoms with Crippen LogP contribution in [-0.2, 0) is 19.1 Å². The third-order valence-electron chi connectivity index (χ3n) is 6.02. The first-order valence-corrected chi connectivity index (χ1v) is 14.3. The lowest BCUT2D eigenvalue weighted by atomic mass is 10.0. The molecule has 42 heavy (non-hydrogen) atoms. The lowest BCUT2D eigenvalue weighted by molar-refractivity contribution is -0.145. The molecule has 0 heterocycles. The molecule has 0 aliphatic rings. The second kappa shape index (κ2) is 15.2. The van der Waals surface area contributed by atoms with E-state index in [2.05, 4.69) is 10.6 Å². The standard InChI is InChI=1S/C34H30N2O5S/c1-2-41-32(38)22-29(37)23-42-30-19-17-28(18-20-30)35-34(40)31(36-33(39)27-11-7-4-8-12-27)21-24-13-15-26(16-14-24)25-9-5-3-6-10-25/h3-21H,2,22-23H2,1H3,(H,35,40)(H,36,39)/b31-21-. The van der Waals surface area contributed by atoms with E-state index in [0.717, 1.165) is 21.6 Å². The van der Waals surface area contributed by atoms with Gasteiger partial charge in [0.15, 0.2) is 5.78 Å². The van der Waals surface area contributed by atoms with Crippen LogP contribution in [0, 0.1) is 0 Å². The van der Waals surface area contributed by atoms with Gasteiger partial charge in [-0.15, -0.1) is 11.8 Å². The molecule has 4 rings (SSSR count). The van der Waals surface area contributed by atoms with Crippen molar-refractivity contribution in [1.82, 2.24) is 5.32 Å². The number of ether oxygens (including phenoxy) is 1. The molecule has 2 amide bonds. The summed E-state index contributed by atoms with van der Waals surface area (Å²) in [4.78, 5) is 50.5. The van der Waals surface area contributed by atoms with E-state index in [1.54, 1.807) is 61.5 Å². The molecule has 0 aromatic heterocycles. The summed E-state index contributed by atoms with van der Waals surface area (Å²) in [6.07, 6.45) is 1.37. The lowest BCUT2D eigenvalue weighted by Gasteiger charge is -2.12. The summed E-state index contributed by atoms with van der Waals surface area (Å²) in [6, 6.07) is 33.3. The highest BCUT2D eigenvalue weighted by molar-refractivity contribution is 8.00. The minimum atomic E-state index is -0.531. The van der Waals surface area contributed by atoms with Crippen LogP contribution in [-0.4, -0.2) is 35.9 Å². The number of ketones is 1. The number of benzene rings is 4. The number of hydrogen-bond donors (Lipinski definition) is 2. The summed E-state index contributed by atoms with van der Waals surface area (Å²) in [5.41, 5.74) is 3.88. The Labute approximate surface area is 249 Å². The number of anilines is 1. The van der Waals surface area contributed by atoms with Crippen molar-refractivity contribution in [3.05, 3.63) is 126 Å². The highest BCUT2D eigenvalue weighted by atomic mass is 32.2. The molecule has 0 unspecified atom stereocenters. The molecular formula is C34H30N2O5S. The van der Waals surface area contributed by atoms with E-state index in [9.17, 15) is 19.2 Å². The van der Waals surface area contributed by atoms with Gasteiger partial charge >= 0.3 is 5.97 Å². The average molecular weight is 579 g/mol. The summed E-state index contributed by atoms with van der Waals surface area (Å²) in [7, 11) is 0. The number of carbonyl (C=O) groups excluding carboxylic acids is 4. The van der Waals surface area contributed by atoms with Gasteiger partial charge in [-0.2, -0.15) is 0 Å². The minimum absolute atomic E-state index is 0.0827. The zero-order chi connectivity index (χ0) is 29.7. The smallest absolute Gasteiger partial charge is 0.313 e. The maximum absolute atomic E-state index is 13.3. The summed E-state index contributed by atoms with van der Waals surface area (Å²) >= 11 is 1.29. The predicted molar refractivity (Wildman–Crippen MR) is 166 cm³/mol. The highest BCUT2D eigenvalue weighted by Gasteiger charge is 2.16. The largest absolute Gasteiger partial charge is 0.466 e. The zero-order valence-electron chi connectivity index (χ0n) is 23.0. The van der Waals surface area contributed by atoms with Crippen molar-refractivity contribution in [3.63, 3.8) is 0 Å². The van der Waals surface area contributed by atoms with E-state index < -0.39 is 17.8 Å². The first-order chi connectivity index (χ1) is 20.4. The van der Waals surface area contributed by atoms with Gasteiger partial charge in [0.1, 0.15) is 12.1 Å². The van der Waals surface area contributed by atoms with Gasteiger partial charge in [-0.1, -0.05) is 72.8 Å². The summed E-state index contributed by atoms with van der Waals surface area (Å²) in [5, 5.41) is 5.58. The fraction of sp³-hybridized carbons (Fsp3) is 0.118. The molecule has 0 aliphatic carbocycles. The Morgan fingerprint density at radius 3 is 2.02 bits per heavy atom. The monoisotopic (exact) mass is 578 g/mol. The number of nitrogens with one attached hydrogen (secondary N) is 2. The molecule has 0 bridgehead atoms. The topological polar surface area (TPSA) is 102 Å². The van der Waals surface area contributed by atoms with Crippen LogP contribution in [0.3, 0.4) is 0 Å². The SMILES string of the molecule is CCOC(=O)CC(=O)CSc1ccc(NC(=O)/C(=C/c2ccc(-c3ccccc3)cc2)NC(=O)c2ccccc2)cc1. The quantitative estimate of drug-likeness (QED) is 0.0876. The Kier molecular flexibility index (Phi) is 10.8. The number of esters is 1. The van der Waals surface area contributed by atoms with Crippen molar-refractivity contribution in [2.75, 3.05) is 17.7 Å². The summed E-state index contributed by atoms with van der Waals surface area (Å²) in [6.45, 7) is 1.93. The maximum Gasteiger partial charge on any atom is 0.313 e. The Hall–Kier alpha value is -4.95. The molecule has 7 nitrogen and oxygen atoms in total. The molecule has 0 saturated carbocycles. The molecular weight excluding hydrogens is 548 g/mol. The van der Waals surface area contributed by atoms with Gasteiger partial charge in [0.05, 0.1) is 12.4 Å². The van der Waals surface area contributed by atoms with E-state index in [4.69, 9.17) is 4.74 Å². The van der Waals surface area contributed by atoms with Gasteiger partial charge < -0.3 is 15.4 Å². The molecule has 0 spiro atoms. The molecule has 0 saturated heterocycles. The van der Waals surface area contributed by atoms with Crippen molar-refractivity contribution in [2.24, 2.45) is 0 Å². The van der Waals surface area contributed by atoms with Crippen LogP contribution >= 0.6 is 11.8 Å². The van der Waals surface area contributed by atoms with Crippen molar-refractivity contribution in [3.8, 4) is 11.1 Å². The molecule has 0 atom stereocenters. The van der Waals surface area contributed by atoms with Crippen LogP contribution in [0.5, 0.6) is 0 Å². The number of amides is 2. The first-order valence-electron chi connectivity index (χ1n) is 13.4. The third-order valence-corrected chi connectivity index (χ3v) is 7.09. The van der Waals surface area contributed by atoms with Crippen molar-refractivity contribution < 1.29 is 23.9 Å². The summed E-state index contributed by atoms with van der Waals surface area (Å²) < 4.78 is 4.81. The van der Waals surface area contributed by atoms with Gasteiger partial charge in [-0.25, -0.2) is 0 Å². The summed E-state index contributed by atoms with van der Waals surface area (Å²) in [5.74, 6) is -1.52. The van der Waals surface area contributed by atoms with E-state index in [1.807, 2.05) is 60.7 Å². The molecule has 4 aromatic rings. The van der Waals surface area contributed by atoms with E-state index in [1.165, 1.54) is 11.8 Å². The van der Waals surface area contributed by atoms with Crippen LogP contribution in [0.2, 0.25) is 0 Å². The van der Waals surface area contributed by atoms with Gasteiger partial charge in [0, 0.05) is 16.1 Å². The van der Waals surface area contributed by atoms with Crippen LogP contribution in [0.25, 0.3) is 17.2 Å². The maximum atomic E-state index is 13.3. The van der Waals surface area contributed by atoms with E-state index in [-0.39, 0.29) is 30.3 Å². The molecule has 212 valence electrons. The number of rotatable bonds is 12. The van der Waals surface area contributed by atoms with E-state index >= 15 is 0 Å². The van der Waals surface area contributed by atoms with Crippen molar-refractivity contribution >= 4 is 47.1 Å². The minimum Gasteiger partial charge on any atom is -0.466 e. The molecule has 2 N–H and O–H groups in total. The van der Waals surface area contributed by atoms with Crippen molar-refractivity contribution in [2.45, 2.75) is 18.2 Å². The van der Waals surface area contributed by atoms with Crippen LogP contribution in [0.1, 0.15) is 29.3 Å². The Morgan fingerprint density at radius 1 is 0.762 bits per heavy atom. The average Bonchev–Trinajstić information content (AvgIpc) is 3.01. The fourth-order valence-corrected chi connectivity index (χ4v) is 4.69. The predicted octanol–water partition coefficient (Wildman–Crippen LogP) is 6.38. The highest BCUT2D eigenvalue weighted by Crippen LogP contribution is 2.22. The molecule has 0 aliphatic heterocycles. The van der Waals surface area contributed by atoms with Crippen LogP contribution in [0.15, 0.2) is 120 Å². The second-order valence-corrected chi connectivity index (χ2v) is 10.2. The number of Topliss-reactive ketones (excluding diaryl/α,β-unsaturated/α-hetero) is 1. The molecule has 8 heteroatoms. The number of thioether (sulfide) groups is 1. The molecule has 4 aromatic carbocycles. The van der Waals surface area contributed by atoms with E-state index in [0.29, 0.717) is 11.3 Å². The molecule has 0 radical (unpaired) electrons. The molecule has 0 fully saturated rings. The zero-order valence-corrected chi connectivity index (χ0v) is 23.9. The number of carbonyl (C=O) groups is 4. The van der Waals surface area contributed by atoms with Gasteiger partial charge in [-0.05, 0) is 66.1 Å². The van der Waals surface area contributed by atoms with Gasteiger partial charge in [0.25, 0.3) is 11.8 Å². The Balaban J connectivity index is 1.46. The second-order valence-electron chi connectivity index (χ2n) is 9.15. The van der Waals surface area contributed by atoms with Crippen LogP contribution < -0.4 is 10.6 Å². The fourth-order valence-electron chi connectivity index (χ4n) is 3.93. The number of hydrogen-bond acceptors (Lipinski definition) is 6. The first kappa shape index (κ1) is 30.0. The normalized spacial score (nSPS) is 10.9. The Morgan fingerprint density at radius 2 is 1.38 bits per heavy atom. The Bertz CT molecular complexity index is 1550. The third kappa shape index (κ3) is 9.04. The van der Waals surface area contributed by atoms with Gasteiger partial charge in [0.2, 0.25) is 0 Å². The lowest BCUT2D eigenvalue weighted by Crippen LogP contribution is -2.30. The van der Waals surface area contributed by atoms with Gasteiger partial charge in [-0.3, -0.25) is 19.2 Å². The van der Waals surface area contributed by atoms with Crippen molar-refractivity contribution in [1.29, 1.82) is 0 Å².